The molecule has 32 heavy (non-hydrogen) atoms. The number of carbonyl (C=O) groups is 1. The van der Waals surface area contributed by atoms with Crippen LogP contribution in [-0.2, 0) is 14.3 Å². The lowest BCUT2D eigenvalue weighted by molar-refractivity contribution is -0.154. The van der Waals surface area contributed by atoms with Crippen molar-refractivity contribution >= 4 is 5.97 Å². The van der Waals surface area contributed by atoms with Crippen molar-refractivity contribution in [2.24, 2.45) is 0 Å². The van der Waals surface area contributed by atoms with Gasteiger partial charge < -0.3 is 14.6 Å². The molecule has 0 amide bonds. The van der Waals surface area contributed by atoms with Gasteiger partial charge in [0, 0.05) is 13.0 Å². The van der Waals surface area contributed by atoms with Gasteiger partial charge in [-0.3, -0.25) is 4.79 Å². The van der Waals surface area contributed by atoms with Gasteiger partial charge in [0.2, 0.25) is 0 Å². The molecule has 0 fully saturated rings. The van der Waals surface area contributed by atoms with Gasteiger partial charge in [-0.05, 0) is 12.8 Å². The van der Waals surface area contributed by atoms with Gasteiger partial charge in [0.05, 0.1) is 13.2 Å². The van der Waals surface area contributed by atoms with E-state index in [1.807, 2.05) is 0 Å². The van der Waals surface area contributed by atoms with E-state index >= 15 is 0 Å². The van der Waals surface area contributed by atoms with Gasteiger partial charge in [-0.25, -0.2) is 0 Å². The lowest BCUT2D eigenvalue weighted by Crippen LogP contribution is -2.27. The van der Waals surface area contributed by atoms with Crippen LogP contribution in [0, 0.1) is 0 Å². The molecule has 0 aliphatic rings. The molecule has 0 bridgehead atoms. The van der Waals surface area contributed by atoms with Crippen molar-refractivity contribution in [2.45, 2.75) is 155 Å². The molecule has 0 aromatic carbocycles. The highest BCUT2D eigenvalue weighted by Gasteiger charge is 2.13. The molecule has 0 radical (unpaired) electrons. The van der Waals surface area contributed by atoms with E-state index in [0.717, 1.165) is 19.3 Å². The van der Waals surface area contributed by atoms with Crippen LogP contribution in [0.1, 0.15) is 149 Å². The average molecular weight is 457 g/mol. The highest BCUT2D eigenvalue weighted by Crippen LogP contribution is 2.13. The van der Waals surface area contributed by atoms with Gasteiger partial charge in [0.15, 0.2) is 0 Å². The molecule has 0 aliphatic heterocycles. The maximum absolute atomic E-state index is 11.8. The number of ether oxygens (including phenoxy) is 2. The van der Waals surface area contributed by atoms with Gasteiger partial charge >= 0.3 is 5.97 Å². The van der Waals surface area contributed by atoms with Gasteiger partial charge in [0.1, 0.15) is 6.10 Å². The highest BCUT2D eigenvalue weighted by atomic mass is 16.6. The lowest BCUT2D eigenvalue weighted by atomic mass is 10.0. The fourth-order valence-corrected chi connectivity index (χ4v) is 4.03. The Morgan fingerprint density at radius 1 is 0.625 bits per heavy atom. The Labute approximate surface area is 200 Å². The highest BCUT2D eigenvalue weighted by molar-refractivity contribution is 5.69. The molecule has 1 unspecified atom stereocenters. The molecular formula is C28H56O4. The second-order valence-corrected chi connectivity index (χ2v) is 9.48. The van der Waals surface area contributed by atoms with Gasteiger partial charge in [-0.2, -0.15) is 0 Å². The number of aliphatic hydroxyl groups excluding tert-OH is 1. The van der Waals surface area contributed by atoms with Crippen LogP contribution < -0.4 is 0 Å². The molecule has 0 rings (SSSR count). The number of rotatable bonds is 26. The van der Waals surface area contributed by atoms with Crippen LogP contribution in [0.3, 0.4) is 0 Å². The SMILES string of the molecule is CCCCCCCCCCCCCCCCCOCC(CO)OC(=O)CCCCCCC. The summed E-state index contributed by atoms with van der Waals surface area (Å²) in [5, 5.41) is 9.39. The first kappa shape index (κ1) is 31.4. The predicted octanol–water partition coefficient (Wildman–Crippen LogP) is 8.14. The van der Waals surface area contributed by atoms with Crippen molar-refractivity contribution < 1.29 is 19.4 Å². The predicted molar refractivity (Wildman–Crippen MR) is 136 cm³/mol. The molecule has 0 spiro atoms. The molecule has 1 atom stereocenters. The summed E-state index contributed by atoms with van der Waals surface area (Å²) in [6.07, 6.45) is 25.8. The van der Waals surface area contributed by atoms with Crippen LogP contribution >= 0.6 is 0 Å². The van der Waals surface area contributed by atoms with Gasteiger partial charge in [-0.15, -0.1) is 0 Å². The number of hydrogen-bond donors (Lipinski definition) is 1. The topological polar surface area (TPSA) is 55.8 Å². The molecule has 0 saturated heterocycles. The Bertz CT molecular complexity index is 372. The van der Waals surface area contributed by atoms with E-state index in [0.29, 0.717) is 19.6 Å². The summed E-state index contributed by atoms with van der Waals surface area (Å²) < 4.78 is 10.9. The molecule has 0 saturated carbocycles. The van der Waals surface area contributed by atoms with Crippen molar-refractivity contribution in [2.75, 3.05) is 19.8 Å². The molecule has 192 valence electrons. The smallest absolute Gasteiger partial charge is 0.306 e. The Morgan fingerprint density at radius 2 is 1.03 bits per heavy atom. The van der Waals surface area contributed by atoms with Crippen LogP contribution in [0.4, 0.5) is 0 Å². The van der Waals surface area contributed by atoms with Crippen LogP contribution in [0.2, 0.25) is 0 Å². The maximum Gasteiger partial charge on any atom is 0.306 e. The first-order valence-electron chi connectivity index (χ1n) is 14.1. The van der Waals surface area contributed by atoms with Crippen LogP contribution in [0.5, 0.6) is 0 Å². The summed E-state index contributed by atoms with van der Waals surface area (Å²) in [5.41, 5.74) is 0. The fraction of sp³-hybridized carbons (Fsp3) is 0.964. The van der Waals surface area contributed by atoms with E-state index in [9.17, 15) is 9.90 Å². The number of esters is 1. The monoisotopic (exact) mass is 456 g/mol. The minimum Gasteiger partial charge on any atom is -0.457 e. The standard InChI is InChI=1S/C28H56O4/c1-3-5-7-9-10-11-12-13-14-15-16-17-18-20-22-24-31-26-27(25-29)32-28(30)23-21-19-8-6-4-2/h27,29H,3-26H2,1-2H3. The Hall–Kier alpha value is -0.610. The third kappa shape index (κ3) is 24.0. The summed E-state index contributed by atoms with van der Waals surface area (Å²) >= 11 is 0. The normalized spacial score (nSPS) is 12.2. The molecule has 0 aromatic heterocycles. The molecule has 0 aromatic rings. The second kappa shape index (κ2) is 26.6. The second-order valence-electron chi connectivity index (χ2n) is 9.48. The quantitative estimate of drug-likeness (QED) is 0.105. The average Bonchev–Trinajstić information content (AvgIpc) is 2.80. The molecule has 4 heteroatoms. The minimum absolute atomic E-state index is 0.166. The summed E-state index contributed by atoms with van der Waals surface area (Å²) in [6, 6.07) is 0. The molecule has 4 nitrogen and oxygen atoms in total. The first-order chi connectivity index (χ1) is 15.7. The van der Waals surface area contributed by atoms with E-state index in [-0.39, 0.29) is 12.6 Å². The van der Waals surface area contributed by atoms with E-state index in [1.165, 1.54) is 109 Å². The van der Waals surface area contributed by atoms with Gasteiger partial charge in [-0.1, -0.05) is 129 Å². The van der Waals surface area contributed by atoms with Crippen molar-refractivity contribution in [3.8, 4) is 0 Å². The molecule has 1 N–H and O–H groups in total. The lowest BCUT2D eigenvalue weighted by Gasteiger charge is -2.15. The van der Waals surface area contributed by atoms with E-state index in [1.54, 1.807) is 0 Å². The van der Waals surface area contributed by atoms with Crippen molar-refractivity contribution in [3.63, 3.8) is 0 Å². The van der Waals surface area contributed by atoms with E-state index in [2.05, 4.69) is 13.8 Å². The summed E-state index contributed by atoms with van der Waals surface area (Å²) in [5.74, 6) is -0.212. The van der Waals surface area contributed by atoms with Crippen LogP contribution in [-0.4, -0.2) is 37.0 Å². The number of aliphatic hydroxyl groups is 1. The number of unbranched alkanes of at least 4 members (excludes halogenated alkanes) is 18. The van der Waals surface area contributed by atoms with Crippen molar-refractivity contribution in [3.05, 3.63) is 0 Å². The molecule has 0 heterocycles. The Balaban J connectivity index is 3.34. The summed E-state index contributed by atoms with van der Waals surface area (Å²) in [4.78, 5) is 11.8. The maximum atomic E-state index is 11.8. The summed E-state index contributed by atoms with van der Waals surface area (Å²) in [7, 11) is 0. The molecule has 0 aliphatic carbocycles. The van der Waals surface area contributed by atoms with Gasteiger partial charge in [0.25, 0.3) is 0 Å². The zero-order valence-electron chi connectivity index (χ0n) is 21.7. The number of hydrogen-bond acceptors (Lipinski definition) is 4. The third-order valence-corrected chi connectivity index (χ3v) is 6.18. The minimum atomic E-state index is -0.519. The first-order valence-corrected chi connectivity index (χ1v) is 14.1. The largest absolute Gasteiger partial charge is 0.457 e. The van der Waals surface area contributed by atoms with Crippen molar-refractivity contribution in [1.82, 2.24) is 0 Å². The molecular weight excluding hydrogens is 400 g/mol. The van der Waals surface area contributed by atoms with Crippen molar-refractivity contribution in [1.29, 1.82) is 0 Å². The summed E-state index contributed by atoms with van der Waals surface area (Å²) in [6.45, 7) is 5.28. The Kier molecular flexibility index (Phi) is 26.1. The fourth-order valence-electron chi connectivity index (χ4n) is 4.03. The number of carbonyl (C=O) groups excluding carboxylic acids is 1. The Morgan fingerprint density at radius 3 is 1.47 bits per heavy atom. The van der Waals surface area contributed by atoms with E-state index in [4.69, 9.17) is 9.47 Å². The van der Waals surface area contributed by atoms with Crippen LogP contribution in [0.15, 0.2) is 0 Å². The van der Waals surface area contributed by atoms with E-state index < -0.39 is 6.10 Å². The zero-order valence-corrected chi connectivity index (χ0v) is 21.7. The zero-order chi connectivity index (χ0) is 23.5. The van der Waals surface area contributed by atoms with Crippen LogP contribution in [0.25, 0.3) is 0 Å². The third-order valence-electron chi connectivity index (χ3n) is 6.18.